The molecular formula is C26H40N2O29S2. The Labute approximate surface area is 329 Å². The van der Waals surface area contributed by atoms with Crippen molar-refractivity contribution < 1.29 is 138 Å². The lowest BCUT2D eigenvalue weighted by atomic mass is 9.96. The van der Waals surface area contributed by atoms with E-state index in [4.69, 9.17) is 37.7 Å². The molecule has 0 aromatic rings. The van der Waals surface area contributed by atoms with E-state index in [0.717, 1.165) is 13.8 Å². The molecule has 2 amide bonds. The maximum absolute atomic E-state index is 12.5. The number of aliphatic carboxylic acids is 2. The largest absolute Gasteiger partial charge is 0.479 e. The van der Waals surface area contributed by atoms with Gasteiger partial charge >= 0.3 is 32.7 Å². The van der Waals surface area contributed by atoms with Crippen LogP contribution in [0.15, 0.2) is 0 Å². The summed E-state index contributed by atoms with van der Waals surface area (Å²) in [4.78, 5) is 48.4. The van der Waals surface area contributed by atoms with Crippen molar-refractivity contribution in [2.24, 2.45) is 0 Å². The monoisotopic (exact) mass is 908 g/mol. The van der Waals surface area contributed by atoms with E-state index in [1.807, 2.05) is 0 Å². The average molecular weight is 909 g/mol. The summed E-state index contributed by atoms with van der Waals surface area (Å²) in [5.74, 6) is -6.01. The quantitative estimate of drug-likeness (QED) is 0.0720. The number of aliphatic hydroxyl groups excluding tert-OH is 8. The summed E-state index contributed by atoms with van der Waals surface area (Å²) in [6.45, 7) is 1.71. The maximum Gasteiger partial charge on any atom is 0.399 e. The zero-order valence-corrected chi connectivity index (χ0v) is 31.3. The highest BCUT2D eigenvalue weighted by Crippen LogP contribution is 2.35. The van der Waals surface area contributed by atoms with E-state index < -0.39 is 168 Å². The Morgan fingerprint density at radius 1 is 0.475 bits per heavy atom. The molecule has 0 aromatic carbocycles. The molecule has 4 aliphatic heterocycles. The molecule has 4 aliphatic rings. The first-order chi connectivity index (χ1) is 27.1. The van der Waals surface area contributed by atoms with Gasteiger partial charge in [0.05, 0.1) is 0 Å². The molecule has 4 heterocycles. The van der Waals surface area contributed by atoms with Crippen LogP contribution in [-0.2, 0) is 81.5 Å². The van der Waals surface area contributed by atoms with E-state index in [9.17, 15) is 91.6 Å². The highest BCUT2D eigenvalue weighted by atomic mass is 32.3. The van der Waals surface area contributed by atoms with E-state index in [1.165, 1.54) is 0 Å². The fourth-order valence-corrected chi connectivity index (χ4v) is 7.00. The topological polar surface area (TPSA) is 486 Å². The van der Waals surface area contributed by atoms with Crippen LogP contribution in [0.2, 0.25) is 0 Å². The summed E-state index contributed by atoms with van der Waals surface area (Å²) in [5, 5.41) is 109. The van der Waals surface area contributed by atoms with E-state index >= 15 is 0 Å². The Kier molecular flexibility index (Phi) is 15.6. The molecule has 0 aliphatic carbocycles. The second-order valence-electron chi connectivity index (χ2n) is 13.0. The standard InChI is InChI=1S/C26H40N2O29S2/c1-3(29)27-5-14(12(36)25(54-21(5)42)56-58(43,44)45)49-24-11(35)9(33)16(18(53-24)20(40)41)51-22-6(28-4(2)30)15(13(37)26(55-22)57-59(46,47)48)50-23-10(34)7(31)8(32)17(52-23)19(38)39/h5-18,21-26,31-37,42H,1-2H3,(H,27,29)(H,28,30)(H,38,39)(H,40,41)(H,43,44,45)(H,46,47,48)/t5-,6-,7+,8+,9-,10-,11-,12-,13-,14-,15-,16+,17+,18+,21-,22-,23-,24-,25-,26-/m1/s1. The lowest BCUT2D eigenvalue weighted by Gasteiger charge is -2.49. The molecule has 59 heavy (non-hydrogen) atoms. The predicted molar refractivity (Wildman–Crippen MR) is 169 cm³/mol. The number of aliphatic hydroxyl groups is 8. The summed E-state index contributed by atoms with van der Waals surface area (Å²) in [6, 6.07) is -4.04. The van der Waals surface area contributed by atoms with Crippen molar-refractivity contribution in [3.05, 3.63) is 0 Å². The van der Waals surface area contributed by atoms with Crippen LogP contribution in [0.25, 0.3) is 0 Å². The minimum Gasteiger partial charge on any atom is -0.479 e. The molecule has 0 radical (unpaired) electrons. The molecule has 0 unspecified atom stereocenters. The Morgan fingerprint density at radius 3 is 1.34 bits per heavy atom. The van der Waals surface area contributed by atoms with Crippen LogP contribution in [0.5, 0.6) is 0 Å². The Morgan fingerprint density at radius 2 is 0.881 bits per heavy atom. The third kappa shape index (κ3) is 11.7. The van der Waals surface area contributed by atoms with Crippen molar-refractivity contribution in [2.75, 3.05) is 0 Å². The second kappa shape index (κ2) is 19.0. The third-order valence-corrected chi connectivity index (χ3v) is 9.59. The number of amides is 2. The number of hydrogen-bond donors (Lipinski definition) is 14. The molecule has 33 heteroatoms. The third-order valence-electron chi connectivity index (χ3n) is 8.73. The highest BCUT2D eigenvalue weighted by Gasteiger charge is 2.58. The molecule has 4 rings (SSSR count). The molecule has 4 saturated heterocycles. The van der Waals surface area contributed by atoms with Crippen molar-refractivity contribution in [3.63, 3.8) is 0 Å². The van der Waals surface area contributed by atoms with Crippen molar-refractivity contribution in [2.45, 2.75) is 137 Å². The minimum absolute atomic E-state index is 0.819. The van der Waals surface area contributed by atoms with Gasteiger partial charge in [-0.25, -0.2) is 18.0 Å². The van der Waals surface area contributed by atoms with Gasteiger partial charge in [0.2, 0.25) is 24.4 Å². The first-order valence-corrected chi connectivity index (χ1v) is 19.2. The number of hydrogen-bond acceptors (Lipinski definition) is 25. The van der Waals surface area contributed by atoms with E-state index in [-0.39, 0.29) is 0 Å². The van der Waals surface area contributed by atoms with Crippen LogP contribution in [0, 0.1) is 0 Å². The van der Waals surface area contributed by atoms with E-state index in [0.29, 0.717) is 0 Å². The molecule has 0 spiro atoms. The molecule has 20 atom stereocenters. The van der Waals surface area contributed by atoms with E-state index in [2.05, 4.69) is 19.0 Å². The average Bonchev–Trinajstić information content (AvgIpc) is 3.09. The highest BCUT2D eigenvalue weighted by molar-refractivity contribution is 7.81. The molecule has 0 bridgehead atoms. The smallest absolute Gasteiger partial charge is 0.399 e. The molecule has 340 valence electrons. The predicted octanol–water partition coefficient (Wildman–Crippen LogP) is -9.71. The molecule has 0 aromatic heterocycles. The zero-order chi connectivity index (χ0) is 44.6. The van der Waals surface area contributed by atoms with Gasteiger partial charge in [-0.3, -0.25) is 18.7 Å². The first-order valence-electron chi connectivity index (χ1n) is 16.5. The molecule has 31 nitrogen and oxygen atoms in total. The Balaban J connectivity index is 1.69. The van der Waals surface area contributed by atoms with Crippen molar-refractivity contribution in [1.29, 1.82) is 0 Å². The number of ether oxygens (including phenoxy) is 7. The fourth-order valence-electron chi connectivity index (χ4n) is 6.20. The second-order valence-corrected chi connectivity index (χ2v) is 15.1. The summed E-state index contributed by atoms with van der Waals surface area (Å²) in [5.41, 5.74) is 0. The van der Waals surface area contributed by atoms with Crippen LogP contribution >= 0.6 is 0 Å². The molecule has 4 fully saturated rings. The minimum atomic E-state index is -5.63. The number of carbonyl (C=O) groups is 4. The summed E-state index contributed by atoms with van der Waals surface area (Å²) < 4.78 is 110. The molecule has 14 N–H and O–H groups in total. The van der Waals surface area contributed by atoms with Gasteiger partial charge in [-0.1, -0.05) is 0 Å². The summed E-state index contributed by atoms with van der Waals surface area (Å²) in [6.07, 6.45) is -43.9. The first kappa shape index (κ1) is 48.7. The number of carbonyl (C=O) groups excluding carboxylic acids is 2. The van der Waals surface area contributed by atoms with Crippen molar-refractivity contribution >= 4 is 44.6 Å². The fraction of sp³-hybridized carbons (Fsp3) is 0.846. The summed E-state index contributed by atoms with van der Waals surface area (Å²) in [7, 11) is -11.1. The van der Waals surface area contributed by atoms with Gasteiger partial charge in [0.25, 0.3) is 0 Å². The van der Waals surface area contributed by atoms with Gasteiger partial charge in [-0.15, -0.1) is 0 Å². The number of nitrogens with one attached hydrogen (secondary N) is 2. The Hall–Kier alpha value is -2.98. The van der Waals surface area contributed by atoms with Gasteiger partial charge in [0.15, 0.2) is 37.4 Å². The number of carboxylic acids is 2. The van der Waals surface area contributed by atoms with Gasteiger partial charge < -0.3 is 94.9 Å². The lowest BCUT2D eigenvalue weighted by molar-refractivity contribution is -0.382. The maximum atomic E-state index is 12.5. The van der Waals surface area contributed by atoms with Crippen LogP contribution in [0.3, 0.4) is 0 Å². The van der Waals surface area contributed by atoms with Crippen molar-refractivity contribution in [1.82, 2.24) is 10.6 Å². The van der Waals surface area contributed by atoms with Crippen LogP contribution in [0.1, 0.15) is 13.8 Å². The van der Waals surface area contributed by atoms with Gasteiger partial charge in [0, 0.05) is 13.8 Å². The van der Waals surface area contributed by atoms with Gasteiger partial charge in [-0.05, 0) is 0 Å². The molecule has 0 saturated carbocycles. The van der Waals surface area contributed by atoms with E-state index in [1.54, 1.807) is 0 Å². The SMILES string of the molecule is CC(=O)N[C@@H]1[C@@H](O[C@@H]2O[C@H](C(=O)O)[C@@H](O[C@@H]3O[C@H](OS(=O)(=O)O)[C@H](O)[C@H](O[C@@H]4O[C@H](C(=O)O)[C@@H](O)[C@H](O)[C@H]4O)[C@H]3NC(C)=O)[C@H](O)[C@H]2O)[C@@H](O)[C@@H](OS(=O)(=O)O)O[C@H]1O. The van der Waals surface area contributed by atoms with Crippen LogP contribution in [-0.4, -0.2) is 224 Å². The van der Waals surface area contributed by atoms with Crippen molar-refractivity contribution in [3.8, 4) is 0 Å². The van der Waals surface area contributed by atoms with Crippen LogP contribution in [0.4, 0.5) is 0 Å². The lowest BCUT2D eigenvalue weighted by Crippen LogP contribution is -2.70. The number of carboxylic acid groups (broad SMARTS) is 2. The number of rotatable bonds is 14. The van der Waals surface area contributed by atoms with Crippen LogP contribution < -0.4 is 10.6 Å². The zero-order valence-electron chi connectivity index (χ0n) is 29.7. The molecular weight excluding hydrogens is 868 g/mol. The normalized spacial score (nSPS) is 43.3. The van der Waals surface area contributed by atoms with Gasteiger partial charge in [0.1, 0.15) is 73.1 Å². The van der Waals surface area contributed by atoms with Gasteiger partial charge in [-0.2, -0.15) is 16.8 Å². The Bertz CT molecular complexity index is 1750. The summed E-state index contributed by atoms with van der Waals surface area (Å²) >= 11 is 0.